The molecule has 2 aromatic carbocycles. The van der Waals surface area contributed by atoms with Gasteiger partial charge in [0.15, 0.2) is 5.03 Å². The fraction of sp³-hybridized carbons (Fsp3) is 0.111. The molecule has 1 heterocycles. The van der Waals surface area contributed by atoms with Crippen molar-refractivity contribution in [3.63, 3.8) is 0 Å². The van der Waals surface area contributed by atoms with E-state index < -0.39 is 54.7 Å². The lowest BCUT2D eigenvalue weighted by Gasteiger charge is -2.43. The van der Waals surface area contributed by atoms with Crippen LogP contribution in [0.25, 0.3) is 0 Å². The summed E-state index contributed by atoms with van der Waals surface area (Å²) < 4.78 is 118. The molecule has 0 saturated heterocycles. The number of hydrogen-bond acceptors (Lipinski definition) is 7. The average molecular weight is 518 g/mol. The molecule has 0 aliphatic carbocycles. The topological polar surface area (TPSA) is 116 Å². The van der Waals surface area contributed by atoms with Gasteiger partial charge in [0.05, 0.1) is 20.9 Å². The Labute approximate surface area is 185 Å². The second-order valence-electron chi connectivity index (χ2n) is 6.60. The third-order valence-electron chi connectivity index (χ3n) is 4.42. The van der Waals surface area contributed by atoms with Gasteiger partial charge in [0.25, 0.3) is 0 Å². The first-order valence-electron chi connectivity index (χ1n) is 8.63. The summed E-state index contributed by atoms with van der Waals surface area (Å²) in [6, 6.07) is 5.77. The van der Waals surface area contributed by atoms with Crippen LogP contribution >= 0.6 is 21.2 Å². The molecule has 0 amide bonds. The maximum atomic E-state index is 12.7. The molecule has 0 spiro atoms. The van der Waals surface area contributed by atoms with Crippen molar-refractivity contribution in [1.29, 1.82) is 0 Å². The maximum absolute atomic E-state index is 12.7. The van der Waals surface area contributed by atoms with Gasteiger partial charge in [0.2, 0.25) is 0 Å². The molecule has 7 nitrogen and oxygen atoms in total. The minimum Gasteiger partial charge on any atom is -0.289 e. The third kappa shape index (κ3) is 5.08. The Morgan fingerprint density at radius 2 is 1.03 bits per heavy atom. The molecule has 1 aliphatic rings. The largest absolute Gasteiger partial charge is 0.416 e. The van der Waals surface area contributed by atoms with E-state index in [0.717, 1.165) is 36.4 Å². The van der Waals surface area contributed by atoms with Gasteiger partial charge in [-0.3, -0.25) is 28.8 Å². The van der Waals surface area contributed by atoms with E-state index in [1.807, 2.05) is 0 Å². The van der Waals surface area contributed by atoms with Crippen molar-refractivity contribution in [3.8, 4) is 0 Å². The lowest BCUT2D eigenvalue weighted by Crippen LogP contribution is -2.38. The van der Waals surface area contributed by atoms with Crippen LogP contribution in [0.1, 0.15) is 11.1 Å². The van der Waals surface area contributed by atoms with Crippen LogP contribution in [0.5, 0.6) is 0 Å². The molecule has 0 saturated carbocycles. The van der Waals surface area contributed by atoms with Crippen LogP contribution in [0.4, 0.5) is 26.3 Å². The van der Waals surface area contributed by atoms with Crippen molar-refractivity contribution < 1.29 is 49.8 Å². The van der Waals surface area contributed by atoms with Crippen molar-refractivity contribution in [2.45, 2.75) is 22.1 Å². The summed E-state index contributed by atoms with van der Waals surface area (Å²) in [6.45, 7) is 0. The zero-order chi connectivity index (χ0) is 24.8. The van der Waals surface area contributed by atoms with Gasteiger partial charge < -0.3 is 0 Å². The fourth-order valence-corrected chi connectivity index (χ4v) is 5.25. The average Bonchev–Trinajstić information content (AvgIpc) is 2.72. The molecule has 0 atom stereocenters. The lowest BCUT2D eigenvalue weighted by molar-refractivity contribution is -0.138. The Kier molecular flexibility index (Phi) is 6.44. The molecule has 0 bridgehead atoms. The number of hydrazine groups is 1. The van der Waals surface area contributed by atoms with Crippen LogP contribution in [0.2, 0.25) is 0 Å². The SMILES string of the molecule is ON1NC(S(O)(O)c2ccc(C(F)(F)F)cc2)=CC=C1S(O)(O)c1ccc(C(F)(F)F)cc1. The molecule has 0 radical (unpaired) electrons. The Balaban J connectivity index is 1.90. The van der Waals surface area contributed by atoms with Crippen LogP contribution in [0, 0.1) is 0 Å². The first-order chi connectivity index (χ1) is 15.0. The fourth-order valence-electron chi connectivity index (χ4n) is 2.70. The molecule has 0 aromatic heterocycles. The van der Waals surface area contributed by atoms with Crippen LogP contribution in [-0.4, -0.2) is 28.6 Å². The van der Waals surface area contributed by atoms with Crippen molar-refractivity contribution in [2.75, 3.05) is 0 Å². The standard InChI is InChI=1S/C18H16F6N2O5S2/c19-17(20,21)11-1-5-13(6-2-11)32(28,29)15-9-10-16(26(27)25-15)33(30,31)14-7-3-12(4-8-14)18(22,23)24/h1-10,25,27-31H. The Morgan fingerprint density at radius 3 is 1.39 bits per heavy atom. The van der Waals surface area contributed by atoms with Gasteiger partial charge in [0, 0.05) is 0 Å². The highest BCUT2D eigenvalue weighted by Gasteiger charge is 2.35. The van der Waals surface area contributed by atoms with E-state index in [-0.39, 0.29) is 15.0 Å². The van der Waals surface area contributed by atoms with E-state index in [1.165, 1.54) is 0 Å². The van der Waals surface area contributed by atoms with E-state index in [2.05, 4.69) is 5.43 Å². The van der Waals surface area contributed by atoms with Crippen LogP contribution in [0.3, 0.4) is 0 Å². The minimum atomic E-state index is -4.65. The van der Waals surface area contributed by atoms with E-state index in [1.54, 1.807) is 0 Å². The zero-order valence-electron chi connectivity index (χ0n) is 16.0. The van der Waals surface area contributed by atoms with Gasteiger partial charge in [-0.05, 0) is 60.7 Å². The number of nitrogens with one attached hydrogen (secondary N) is 1. The normalized spacial score (nSPS) is 16.6. The van der Waals surface area contributed by atoms with Crippen molar-refractivity contribution >= 4 is 21.2 Å². The van der Waals surface area contributed by atoms with Gasteiger partial charge in [-0.15, -0.1) is 26.4 Å². The monoisotopic (exact) mass is 518 g/mol. The molecule has 0 unspecified atom stereocenters. The third-order valence-corrected chi connectivity index (χ3v) is 8.01. The number of allylic oxidation sites excluding steroid dienone is 2. The Hall–Kier alpha value is -2.40. The molecular formula is C18H16F6N2O5S2. The number of alkyl halides is 6. The zero-order valence-corrected chi connectivity index (χ0v) is 17.7. The van der Waals surface area contributed by atoms with Crippen molar-refractivity contribution in [2.24, 2.45) is 0 Å². The van der Waals surface area contributed by atoms with Crippen LogP contribution in [-0.2, 0) is 12.4 Å². The summed E-state index contributed by atoms with van der Waals surface area (Å²) in [6.07, 6.45) is -7.49. The van der Waals surface area contributed by atoms with Gasteiger partial charge in [-0.25, -0.2) is 0 Å². The van der Waals surface area contributed by atoms with E-state index in [9.17, 15) is 49.8 Å². The second kappa shape index (κ2) is 8.43. The summed E-state index contributed by atoms with van der Waals surface area (Å²) in [4.78, 5) is -0.692. The summed E-state index contributed by atoms with van der Waals surface area (Å²) in [5.41, 5.74) is 0.0180. The smallest absolute Gasteiger partial charge is 0.289 e. The Morgan fingerprint density at radius 1 is 0.636 bits per heavy atom. The number of hydrogen-bond donors (Lipinski definition) is 6. The highest BCUT2D eigenvalue weighted by Crippen LogP contribution is 2.59. The number of rotatable bonds is 4. The predicted molar refractivity (Wildman–Crippen MR) is 108 cm³/mol. The molecule has 33 heavy (non-hydrogen) atoms. The number of hydroxylamine groups is 1. The van der Waals surface area contributed by atoms with Crippen LogP contribution in [0.15, 0.2) is 80.5 Å². The van der Waals surface area contributed by atoms with E-state index in [4.69, 9.17) is 0 Å². The molecule has 0 fully saturated rings. The Bertz CT molecular complexity index is 1080. The molecule has 3 rings (SSSR count). The molecule has 6 N–H and O–H groups in total. The molecule has 1 aliphatic heterocycles. The molecule has 15 heteroatoms. The summed E-state index contributed by atoms with van der Waals surface area (Å²) in [5, 5.41) is 9.07. The first kappa shape index (κ1) is 25.2. The van der Waals surface area contributed by atoms with Gasteiger partial charge in [0.1, 0.15) is 5.03 Å². The quantitative estimate of drug-likeness (QED) is 0.255. The molecule has 2 aromatic rings. The second-order valence-corrected chi connectivity index (χ2v) is 10.6. The first-order valence-corrected chi connectivity index (χ1v) is 11.7. The van der Waals surface area contributed by atoms with E-state index in [0.29, 0.717) is 24.3 Å². The predicted octanol–water partition coefficient (Wildman–Crippen LogP) is 6.54. The van der Waals surface area contributed by atoms with Crippen molar-refractivity contribution in [1.82, 2.24) is 10.6 Å². The molecular weight excluding hydrogens is 502 g/mol. The van der Waals surface area contributed by atoms with Gasteiger partial charge >= 0.3 is 12.4 Å². The van der Waals surface area contributed by atoms with Crippen molar-refractivity contribution in [3.05, 3.63) is 81.9 Å². The summed E-state index contributed by atoms with van der Waals surface area (Å²) in [5.74, 6) is 0. The van der Waals surface area contributed by atoms with Gasteiger partial charge in [-0.1, -0.05) is 0 Å². The number of benzene rings is 2. The number of nitrogens with zero attached hydrogens (tertiary/aromatic N) is 1. The highest BCUT2D eigenvalue weighted by molar-refractivity contribution is 8.28. The lowest BCUT2D eigenvalue weighted by atomic mass is 10.2. The van der Waals surface area contributed by atoms with Gasteiger partial charge in [-0.2, -0.15) is 26.3 Å². The van der Waals surface area contributed by atoms with Crippen LogP contribution < -0.4 is 5.43 Å². The maximum Gasteiger partial charge on any atom is 0.416 e. The molecule has 182 valence electrons. The van der Waals surface area contributed by atoms with E-state index >= 15 is 0 Å². The highest BCUT2D eigenvalue weighted by atomic mass is 32.3. The summed E-state index contributed by atoms with van der Waals surface area (Å²) >= 11 is 0. The number of halogens is 6. The summed E-state index contributed by atoms with van der Waals surface area (Å²) in [7, 11) is -8.00. The minimum absolute atomic E-state index is 0.0284.